The van der Waals surface area contributed by atoms with E-state index < -0.39 is 40.0 Å². The van der Waals surface area contributed by atoms with Crippen LogP contribution in [-0.4, -0.2) is 10.7 Å². The lowest BCUT2D eigenvalue weighted by Crippen LogP contribution is -2.05. The fraction of sp³-hybridized carbons (Fsp3) is 0.111. The van der Waals surface area contributed by atoms with E-state index in [9.17, 15) is 23.7 Å². The molecule has 0 fully saturated rings. The number of nitro benzene ring substituents is 1. The number of Topliss-reactive ketones (excluding diaryl/α,β-unsaturated/α-hetero) is 1. The van der Waals surface area contributed by atoms with Crippen LogP contribution in [0.5, 0.6) is 0 Å². The van der Waals surface area contributed by atoms with Gasteiger partial charge in [-0.3, -0.25) is 14.9 Å². The minimum absolute atomic E-state index is 0.319. The second kappa shape index (κ2) is 4.44. The molecule has 0 heterocycles. The Bertz CT molecular complexity index is 508. The molecule has 82 valence electrons. The molecule has 0 bridgehead atoms. The van der Waals surface area contributed by atoms with Crippen LogP contribution >= 0.6 is 0 Å². The molecule has 0 saturated heterocycles. The summed E-state index contributed by atoms with van der Waals surface area (Å²) >= 11 is 0. The van der Waals surface area contributed by atoms with Crippen LogP contribution in [0.15, 0.2) is 12.1 Å². The molecule has 0 aliphatic carbocycles. The van der Waals surface area contributed by atoms with E-state index in [4.69, 9.17) is 5.26 Å². The predicted octanol–water partition coefficient (Wildman–Crippen LogP) is 1.97. The monoisotopic (exact) mass is 226 g/mol. The third-order valence-electron chi connectivity index (χ3n) is 1.78. The second-order valence-corrected chi connectivity index (χ2v) is 2.80. The molecule has 1 aromatic carbocycles. The van der Waals surface area contributed by atoms with Gasteiger partial charge < -0.3 is 0 Å². The molecular formula is C9H4F2N2O3. The van der Waals surface area contributed by atoms with Gasteiger partial charge in [0.15, 0.2) is 17.4 Å². The summed E-state index contributed by atoms with van der Waals surface area (Å²) in [7, 11) is 0. The van der Waals surface area contributed by atoms with Crippen molar-refractivity contribution in [1.29, 1.82) is 5.26 Å². The largest absolute Gasteiger partial charge is 0.293 e. The Morgan fingerprint density at radius 2 is 2.00 bits per heavy atom. The number of ketones is 1. The average Bonchev–Trinajstić information content (AvgIpc) is 2.21. The van der Waals surface area contributed by atoms with Gasteiger partial charge in [-0.05, 0) is 6.07 Å². The number of hydrogen-bond donors (Lipinski definition) is 0. The Balaban J connectivity index is 3.37. The van der Waals surface area contributed by atoms with E-state index in [1.54, 1.807) is 0 Å². The molecule has 0 amide bonds. The Labute approximate surface area is 88.1 Å². The molecule has 0 aliphatic heterocycles. The Hall–Kier alpha value is -2.36. The summed E-state index contributed by atoms with van der Waals surface area (Å²) in [5, 5.41) is 18.7. The van der Waals surface area contributed by atoms with Crippen molar-refractivity contribution in [3.63, 3.8) is 0 Å². The van der Waals surface area contributed by atoms with Gasteiger partial charge >= 0.3 is 0 Å². The number of rotatable bonds is 3. The highest BCUT2D eigenvalue weighted by Crippen LogP contribution is 2.23. The molecule has 16 heavy (non-hydrogen) atoms. The summed E-state index contributed by atoms with van der Waals surface area (Å²) in [6, 6.07) is 2.22. The van der Waals surface area contributed by atoms with Crippen LogP contribution in [0.1, 0.15) is 16.8 Å². The lowest BCUT2D eigenvalue weighted by Gasteiger charge is -2.00. The number of nitriles is 1. The SMILES string of the molecule is N#CCC(=O)c1cc(F)c(F)cc1[N+](=O)[O-]. The summed E-state index contributed by atoms with van der Waals surface area (Å²) in [6.45, 7) is 0. The average molecular weight is 226 g/mol. The Morgan fingerprint density at radius 3 is 2.50 bits per heavy atom. The van der Waals surface area contributed by atoms with Crippen molar-refractivity contribution in [3.05, 3.63) is 39.4 Å². The Morgan fingerprint density at radius 1 is 1.44 bits per heavy atom. The van der Waals surface area contributed by atoms with Crippen LogP contribution in [0.4, 0.5) is 14.5 Å². The molecular weight excluding hydrogens is 222 g/mol. The van der Waals surface area contributed by atoms with Crippen LogP contribution in [0, 0.1) is 33.1 Å². The fourth-order valence-electron chi connectivity index (χ4n) is 1.08. The standard InChI is InChI=1S/C9H4F2N2O3/c10-6-3-5(9(14)1-2-12)8(13(15)16)4-7(6)11/h3-4H,1H2. The van der Waals surface area contributed by atoms with Crippen LogP contribution < -0.4 is 0 Å². The van der Waals surface area contributed by atoms with Gasteiger partial charge in [0.25, 0.3) is 5.69 Å². The number of halogens is 2. The van der Waals surface area contributed by atoms with E-state index in [-0.39, 0.29) is 0 Å². The minimum Gasteiger partial charge on any atom is -0.293 e. The molecule has 5 nitrogen and oxygen atoms in total. The van der Waals surface area contributed by atoms with Gasteiger partial charge in [-0.15, -0.1) is 0 Å². The van der Waals surface area contributed by atoms with Crippen molar-refractivity contribution >= 4 is 11.5 Å². The van der Waals surface area contributed by atoms with Crippen molar-refractivity contribution in [2.45, 2.75) is 6.42 Å². The first-order valence-corrected chi connectivity index (χ1v) is 4.01. The maximum absolute atomic E-state index is 12.8. The summed E-state index contributed by atoms with van der Waals surface area (Å²) in [4.78, 5) is 20.7. The predicted molar refractivity (Wildman–Crippen MR) is 47.6 cm³/mol. The molecule has 0 spiro atoms. The maximum Gasteiger partial charge on any atom is 0.283 e. The van der Waals surface area contributed by atoms with E-state index in [1.807, 2.05) is 0 Å². The van der Waals surface area contributed by atoms with E-state index in [0.29, 0.717) is 12.1 Å². The zero-order valence-corrected chi connectivity index (χ0v) is 7.74. The highest BCUT2D eigenvalue weighted by atomic mass is 19.2. The molecule has 0 N–H and O–H groups in total. The highest BCUT2D eigenvalue weighted by Gasteiger charge is 2.23. The molecule has 1 aromatic rings. The molecule has 0 aromatic heterocycles. The van der Waals surface area contributed by atoms with Crippen LogP contribution in [0.25, 0.3) is 0 Å². The van der Waals surface area contributed by atoms with E-state index >= 15 is 0 Å². The maximum atomic E-state index is 12.8. The van der Waals surface area contributed by atoms with Gasteiger partial charge in [0.1, 0.15) is 0 Å². The second-order valence-electron chi connectivity index (χ2n) is 2.80. The molecule has 0 aliphatic rings. The van der Waals surface area contributed by atoms with Crippen molar-refractivity contribution in [1.82, 2.24) is 0 Å². The van der Waals surface area contributed by atoms with Crippen molar-refractivity contribution in [2.24, 2.45) is 0 Å². The normalized spacial score (nSPS) is 9.56. The van der Waals surface area contributed by atoms with Crippen LogP contribution in [0.2, 0.25) is 0 Å². The topological polar surface area (TPSA) is 84.0 Å². The van der Waals surface area contributed by atoms with Crippen LogP contribution in [-0.2, 0) is 0 Å². The first-order chi connectivity index (χ1) is 7.47. The number of nitrogens with zero attached hydrogens (tertiary/aromatic N) is 2. The molecule has 0 radical (unpaired) electrons. The summed E-state index contributed by atoms with van der Waals surface area (Å²) in [6.07, 6.45) is -0.633. The molecule has 7 heteroatoms. The number of hydrogen-bond acceptors (Lipinski definition) is 4. The first kappa shape index (κ1) is 11.7. The van der Waals surface area contributed by atoms with Gasteiger partial charge in [0.05, 0.1) is 29.0 Å². The van der Waals surface area contributed by atoms with E-state index in [0.717, 1.165) is 0 Å². The summed E-state index contributed by atoms with van der Waals surface area (Å²) in [5.41, 5.74) is -1.45. The summed E-state index contributed by atoms with van der Waals surface area (Å²) in [5.74, 6) is -3.71. The number of carbonyl (C=O) groups is 1. The highest BCUT2D eigenvalue weighted by molar-refractivity contribution is 6.00. The molecule has 0 unspecified atom stereocenters. The van der Waals surface area contributed by atoms with Gasteiger partial charge in [-0.25, -0.2) is 8.78 Å². The zero-order valence-electron chi connectivity index (χ0n) is 7.74. The lowest BCUT2D eigenvalue weighted by atomic mass is 10.1. The molecule has 0 atom stereocenters. The molecule has 1 rings (SSSR count). The van der Waals surface area contributed by atoms with Crippen molar-refractivity contribution < 1.29 is 18.5 Å². The van der Waals surface area contributed by atoms with Crippen molar-refractivity contribution in [3.8, 4) is 6.07 Å². The van der Waals surface area contributed by atoms with Gasteiger partial charge in [-0.2, -0.15) is 5.26 Å². The lowest BCUT2D eigenvalue weighted by molar-refractivity contribution is -0.385. The fourth-order valence-corrected chi connectivity index (χ4v) is 1.08. The van der Waals surface area contributed by atoms with E-state index in [1.165, 1.54) is 6.07 Å². The smallest absolute Gasteiger partial charge is 0.283 e. The molecule has 0 saturated carbocycles. The minimum atomic E-state index is -1.42. The van der Waals surface area contributed by atoms with Gasteiger partial charge in [0, 0.05) is 0 Å². The quantitative estimate of drug-likeness (QED) is 0.448. The van der Waals surface area contributed by atoms with E-state index in [2.05, 4.69) is 0 Å². The third kappa shape index (κ3) is 2.17. The number of carbonyl (C=O) groups excluding carboxylic acids is 1. The van der Waals surface area contributed by atoms with Gasteiger partial charge in [-0.1, -0.05) is 0 Å². The number of nitro groups is 1. The van der Waals surface area contributed by atoms with Crippen molar-refractivity contribution in [2.75, 3.05) is 0 Å². The summed E-state index contributed by atoms with van der Waals surface area (Å²) < 4.78 is 25.5. The Kier molecular flexibility index (Phi) is 3.25. The van der Waals surface area contributed by atoms with Crippen LogP contribution in [0.3, 0.4) is 0 Å². The van der Waals surface area contributed by atoms with Gasteiger partial charge in [0.2, 0.25) is 0 Å². The first-order valence-electron chi connectivity index (χ1n) is 4.01. The zero-order chi connectivity index (χ0) is 12.3. The number of benzene rings is 1. The third-order valence-corrected chi connectivity index (χ3v) is 1.78.